The first kappa shape index (κ1) is 18.5. The zero-order valence-electron chi connectivity index (χ0n) is 15.6. The smallest absolute Gasteiger partial charge is 0.257 e. The highest BCUT2D eigenvalue weighted by molar-refractivity contribution is 6.04. The van der Waals surface area contributed by atoms with Crippen LogP contribution in [0.25, 0.3) is 11.2 Å². The fourth-order valence-electron chi connectivity index (χ4n) is 2.89. The second kappa shape index (κ2) is 8.03. The minimum Gasteiger partial charge on any atom is -0.392 e. The Morgan fingerprint density at radius 1 is 1.21 bits per heavy atom. The van der Waals surface area contributed by atoms with Gasteiger partial charge in [-0.25, -0.2) is 9.97 Å². The number of aliphatic hydroxyl groups excluding tert-OH is 1. The Balaban J connectivity index is 1.47. The maximum atomic E-state index is 12.5. The summed E-state index contributed by atoms with van der Waals surface area (Å²) >= 11 is 0. The summed E-state index contributed by atoms with van der Waals surface area (Å²) in [6.45, 7) is 1.83. The number of aromatic amines is 1. The molecule has 4 rings (SSSR count). The van der Waals surface area contributed by atoms with Crippen LogP contribution in [-0.4, -0.2) is 36.2 Å². The van der Waals surface area contributed by atoms with Crippen LogP contribution < -0.4 is 10.6 Å². The van der Waals surface area contributed by atoms with Crippen LogP contribution in [0.1, 0.15) is 34.5 Å². The summed E-state index contributed by atoms with van der Waals surface area (Å²) in [5, 5.41) is 22.1. The molecule has 0 bridgehead atoms. The number of fused-ring (bicyclic) bond motifs is 1. The van der Waals surface area contributed by atoms with Gasteiger partial charge in [-0.1, -0.05) is 12.1 Å². The number of anilines is 2. The number of amides is 1. The number of aliphatic hydroxyl groups is 1. The molecule has 9 nitrogen and oxygen atoms in total. The van der Waals surface area contributed by atoms with E-state index in [1.165, 1.54) is 12.4 Å². The van der Waals surface area contributed by atoms with Gasteiger partial charge in [-0.3, -0.25) is 14.9 Å². The molecule has 0 fully saturated rings. The van der Waals surface area contributed by atoms with E-state index < -0.39 is 0 Å². The third-order valence-electron chi connectivity index (χ3n) is 4.41. The lowest BCUT2D eigenvalue weighted by molar-refractivity contribution is 0.102. The summed E-state index contributed by atoms with van der Waals surface area (Å²) < 4.78 is 0. The molecule has 4 aromatic rings. The molecule has 0 radical (unpaired) electrons. The third-order valence-corrected chi connectivity index (χ3v) is 4.41. The second-order valence-corrected chi connectivity index (χ2v) is 6.54. The van der Waals surface area contributed by atoms with Crippen molar-refractivity contribution in [1.82, 2.24) is 25.1 Å². The van der Waals surface area contributed by atoms with Gasteiger partial charge in [-0.05, 0) is 36.2 Å². The number of nitrogens with zero attached hydrogens (tertiary/aromatic N) is 4. The van der Waals surface area contributed by atoms with Crippen LogP contribution >= 0.6 is 0 Å². The van der Waals surface area contributed by atoms with E-state index in [9.17, 15) is 9.90 Å². The lowest BCUT2D eigenvalue weighted by Crippen LogP contribution is -2.14. The SMILES string of the molecule is C[C@H](Nc1cnc2cn[nH]c2n1)c1cccc(NC(=O)c2cncc(CO)c2)c1. The van der Waals surface area contributed by atoms with Gasteiger partial charge in [0.25, 0.3) is 5.91 Å². The van der Waals surface area contributed by atoms with Crippen LogP contribution in [0.2, 0.25) is 0 Å². The summed E-state index contributed by atoms with van der Waals surface area (Å²) in [4.78, 5) is 25.2. The van der Waals surface area contributed by atoms with Gasteiger partial charge in [0, 0.05) is 18.1 Å². The van der Waals surface area contributed by atoms with Crippen LogP contribution in [-0.2, 0) is 6.61 Å². The van der Waals surface area contributed by atoms with E-state index in [1.54, 1.807) is 18.5 Å². The number of H-pyrrole nitrogens is 1. The Labute approximate surface area is 166 Å². The third kappa shape index (κ3) is 4.19. The van der Waals surface area contributed by atoms with Gasteiger partial charge in [-0.2, -0.15) is 5.10 Å². The van der Waals surface area contributed by atoms with Gasteiger partial charge in [0.05, 0.1) is 30.6 Å². The second-order valence-electron chi connectivity index (χ2n) is 6.54. The summed E-state index contributed by atoms with van der Waals surface area (Å²) in [5.41, 5.74) is 3.91. The number of hydrogen-bond donors (Lipinski definition) is 4. The molecular formula is C20H19N7O2. The standard InChI is InChI=1S/C20H19N7O2/c1-12(24-18-10-22-17-9-23-27-19(17)26-18)14-3-2-4-16(6-14)25-20(29)15-5-13(11-28)7-21-8-15/h2-10,12,28H,11H2,1H3,(H,25,29)(H2,23,24,26,27)/t12-/m0/s1. The molecule has 3 aromatic heterocycles. The molecule has 0 unspecified atom stereocenters. The molecule has 3 heterocycles. The van der Waals surface area contributed by atoms with Gasteiger partial charge >= 0.3 is 0 Å². The summed E-state index contributed by atoms with van der Waals surface area (Å²) in [5.74, 6) is 0.330. The van der Waals surface area contributed by atoms with Crippen molar-refractivity contribution >= 4 is 28.6 Å². The first-order valence-corrected chi connectivity index (χ1v) is 9.01. The molecule has 1 atom stereocenters. The average molecular weight is 389 g/mol. The number of hydrogen-bond acceptors (Lipinski definition) is 7. The molecule has 1 amide bonds. The van der Waals surface area contributed by atoms with Gasteiger partial charge in [-0.15, -0.1) is 0 Å². The quantitative estimate of drug-likeness (QED) is 0.399. The lowest BCUT2D eigenvalue weighted by Gasteiger charge is -2.16. The molecule has 0 aliphatic rings. The molecule has 0 saturated carbocycles. The van der Waals surface area contributed by atoms with E-state index in [1.807, 2.05) is 31.2 Å². The molecule has 4 N–H and O–H groups in total. The predicted molar refractivity (Wildman–Crippen MR) is 108 cm³/mol. The minimum atomic E-state index is -0.291. The molecule has 29 heavy (non-hydrogen) atoms. The maximum absolute atomic E-state index is 12.5. The Morgan fingerprint density at radius 2 is 2.10 bits per heavy atom. The lowest BCUT2D eigenvalue weighted by atomic mass is 10.1. The van der Waals surface area contributed by atoms with E-state index in [0.29, 0.717) is 33.8 Å². The molecule has 9 heteroatoms. The summed E-state index contributed by atoms with van der Waals surface area (Å²) in [6.07, 6.45) is 6.26. The van der Waals surface area contributed by atoms with E-state index in [2.05, 4.69) is 35.8 Å². The first-order valence-electron chi connectivity index (χ1n) is 9.01. The number of carbonyl (C=O) groups excluding carboxylic acids is 1. The highest BCUT2D eigenvalue weighted by Crippen LogP contribution is 2.22. The molecule has 146 valence electrons. The molecule has 0 aliphatic carbocycles. The average Bonchev–Trinajstić information content (AvgIpc) is 3.22. The minimum absolute atomic E-state index is 0.0686. The van der Waals surface area contributed by atoms with E-state index in [4.69, 9.17) is 0 Å². The predicted octanol–water partition coefficient (Wildman–Crippen LogP) is 2.67. The molecule has 1 aromatic carbocycles. The highest BCUT2D eigenvalue weighted by Gasteiger charge is 2.11. The van der Waals surface area contributed by atoms with Crippen molar-refractivity contribution in [3.05, 3.63) is 71.8 Å². The van der Waals surface area contributed by atoms with Crippen molar-refractivity contribution in [2.45, 2.75) is 19.6 Å². The maximum Gasteiger partial charge on any atom is 0.257 e. The van der Waals surface area contributed by atoms with E-state index in [0.717, 1.165) is 5.56 Å². The normalized spacial score (nSPS) is 11.9. The Hall–Kier alpha value is -3.85. The van der Waals surface area contributed by atoms with Crippen molar-refractivity contribution < 1.29 is 9.90 Å². The van der Waals surface area contributed by atoms with Gasteiger partial charge in [0.1, 0.15) is 11.3 Å². The van der Waals surface area contributed by atoms with Crippen molar-refractivity contribution in [2.24, 2.45) is 0 Å². The number of carbonyl (C=O) groups is 1. The number of pyridine rings is 1. The number of aromatic nitrogens is 5. The Bertz CT molecular complexity index is 1160. The fraction of sp³-hybridized carbons (Fsp3) is 0.150. The first-order chi connectivity index (χ1) is 14.1. The summed E-state index contributed by atoms with van der Waals surface area (Å²) in [7, 11) is 0. The largest absolute Gasteiger partial charge is 0.392 e. The van der Waals surface area contributed by atoms with E-state index >= 15 is 0 Å². The molecule has 0 aliphatic heterocycles. The zero-order chi connectivity index (χ0) is 20.2. The highest BCUT2D eigenvalue weighted by atomic mass is 16.3. The van der Waals surface area contributed by atoms with Crippen molar-refractivity contribution in [3.63, 3.8) is 0 Å². The van der Waals surface area contributed by atoms with Crippen LogP contribution in [0.3, 0.4) is 0 Å². The van der Waals surface area contributed by atoms with Gasteiger partial charge in [0.2, 0.25) is 0 Å². The van der Waals surface area contributed by atoms with E-state index in [-0.39, 0.29) is 18.6 Å². The van der Waals surface area contributed by atoms with Crippen LogP contribution in [0.15, 0.2) is 55.1 Å². The number of rotatable bonds is 6. The fourth-order valence-corrected chi connectivity index (χ4v) is 2.89. The summed E-state index contributed by atoms with van der Waals surface area (Å²) in [6, 6.07) is 9.08. The molecule has 0 spiro atoms. The Morgan fingerprint density at radius 3 is 2.97 bits per heavy atom. The molecule has 0 saturated heterocycles. The van der Waals surface area contributed by atoms with Crippen LogP contribution in [0.5, 0.6) is 0 Å². The van der Waals surface area contributed by atoms with Gasteiger partial charge in [0.15, 0.2) is 5.65 Å². The number of benzene rings is 1. The monoisotopic (exact) mass is 389 g/mol. The van der Waals surface area contributed by atoms with Crippen molar-refractivity contribution in [2.75, 3.05) is 10.6 Å². The topological polar surface area (TPSA) is 129 Å². The zero-order valence-corrected chi connectivity index (χ0v) is 15.6. The Kier molecular flexibility index (Phi) is 5.12. The molecular weight excluding hydrogens is 370 g/mol. The van der Waals surface area contributed by atoms with Crippen LogP contribution in [0.4, 0.5) is 11.5 Å². The number of nitrogens with one attached hydrogen (secondary N) is 3. The van der Waals surface area contributed by atoms with Crippen molar-refractivity contribution in [1.29, 1.82) is 0 Å². The van der Waals surface area contributed by atoms with Crippen molar-refractivity contribution in [3.8, 4) is 0 Å². The van der Waals surface area contributed by atoms with Gasteiger partial charge < -0.3 is 15.7 Å². The van der Waals surface area contributed by atoms with Crippen LogP contribution in [0, 0.1) is 0 Å².